The maximum absolute atomic E-state index is 12.6. The highest BCUT2D eigenvalue weighted by molar-refractivity contribution is 14.1. The Balaban J connectivity index is 0.000000165. The number of benzene rings is 7. The predicted molar refractivity (Wildman–Crippen MR) is 436 cm³/mol. The van der Waals surface area contributed by atoms with Gasteiger partial charge in [-0.1, -0.05) is 215 Å². The summed E-state index contributed by atoms with van der Waals surface area (Å²) in [6, 6.07) is 56.7. The first-order valence-corrected chi connectivity index (χ1v) is 41.3. The summed E-state index contributed by atoms with van der Waals surface area (Å²) in [5, 5.41) is 0. The van der Waals surface area contributed by atoms with E-state index in [0.29, 0.717) is 0 Å². The van der Waals surface area contributed by atoms with Gasteiger partial charge in [0.05, 0.1) is 7.14 Å². The van der Waals surface area contributed by atoms with E-state index in [0.717, 1.165) is 236 Å². The van der Waals surface area contributed by atoms with Crippen molar-refractivity contribution in [1.82, 2.24) is 58.8 Å². The fraction of sp³-hybridized carbons (Fsp3) is 0.475. The van der Waals surface area contributed by atoms with Crippen molar-refractivity contribution >= 4 is 115 Å². The average molecular weight is 1770 g/mol. The van der Waals surface area contributed by atoms with Crippen molar-refractivity contribution in [3.63, 3.8) is 0 Å². The second kappa shape index (κ2) is 41.9. The highest BCUT2D eigenvalue weighted by Crippen LogP contribution is 2.27. The Hall–Kier alpha value is -3.02. The highest BCUT2D eigenvalue weighted by atomic mass is 127. The molecule has 0 aromatic heterocycles. The van der Waals surface area contributed by atoms with E-state index in [-0.39, 0.29) is 0 Å². The lowest BCUT2D eigenvalue weighted by Crippen LogP contribution is -2.45. The fourth-order valence-corrected chi connectivity index (χ4v) is 15.8. The second-order valence-electron chi connectivity index (χ2n) is 28.6. The third-order valence-electron chi connectivity index (χ3n) is 21.0. The van der Waals surface area contributed by atoms with E-state index >= 15 is 0 Å². The van der Waals surface area contributed by atoms with Gasteiger partial charge < -0.3 is 0 Å². The predicted octanol–water partition coefficient (Wildman–Crippen LogP) is 15.3. The topological polar surface area (TPSA) is 38.9 Å². The van der Waals surface area contributed by atoms with E-state index in [1.54, 1.807) is 0 Å². The highest BCUT2D eigenvalue weighted by Gasteiger charge is 2.26. The van der Waals surface area contributed by atoms with Crippen LogP contribution in [0.2, 0.25) is 0 Å². The maximum Gasteiger partial charge on any atom is 0.180 e. The van der Waals surface area contributed by atoms with Gasteiger partial charge in [0, 0.05) is 236 Å². The van der Waals surface area contributed by atoms with E-state index in [2.05, 4.69) is 204 Å². The van der Waals surface area contributed by atoms with Gasteiger partial charge in [0.25, 0.3) is 0 Å². The summed E-state index contributed by atoms with van der Waals surface area (Å²) in [4.78, 5) is 31.5. The molecule has 7 aromatic carbocycles. The second-order valence-corrected chi connectivity index (χ2v) is 34.7. The van der Waals surface area contributed by atoms with Crippen molar-refractivity contribution in [2.75, 3.05) is 157 Å². The Morgan fingerprint density at radius 3 is 0.317 bits per heavy atom. The minimum atomic E-state index is -1.35. The van der Waals surface area contributed by atoms with Gasteiger partial charge in [-0.05, 0) is 112 Å². The summed E-state index contributed by atoms with van der Waals surface area (Å²) in [5.74, 6) is -5.39. The van der Waals surface area contributed by atoms with Gasteiger partial charge in [-0.3, -0.25) is 58.8 Å². The molecule has 6 fully saturated rings. The van der Waals surface area contributed by atoms with Crippen LogP contribution in [0.4, 0.5) is 17.6 Å². The molecule has 6 saturated heterocycles. The molecule has 38 aliphatic heterocycles. The van der Waals surface area contributed by atoms with Gasteiger partial charge in [-0.2, -0.15) is 0 Å². The molecule has 0 N–H and O–H groups in total. The molecule has 0 atom stereocenters. The molecule has 38 heterocycles. The zero-order valence-electron chi connectivity index (χ0n) is 59.4. The quantitative estimate of drug-likeness (QED) is 0.0477. The van der Waals surface area contributed by atoms with Crippen LogP contribution in [0.1, 0.15) is 66.8 Å². The Morgan fingerprint density at radius 2 is 0.250 bits per heavy atom. The van der Waals surface area contributed by atoms with Crippen LogP contribution < -0.4 is 0 Å². The first-order chi connectivity index (χ1) is 50.3. The van der Waals surface area contributed by atoms with E-state index < -0.39 is 39.0 Å². The summed E-state index contributed by atoms with van der Waals surface area (Å²) >= 11 is 31.2. The molecular formula is C80H98Cl6F4I2N12. The van der Waals surface area contributed by atoms with Crippen molar-refractivity contribution < 1.29 is 17.6 Å². The van der Waals surface area contributed by atoms with Crippen molar-refractivity contribution in [1.29, 1.82) is 0 Å². The van der Waals surface area contributed by atoms with E-state index in [1.165, 1.54) is 112 Å². The lowest BCUT2D eigenvalue weighted by Gasteiger charge is -2.35. The zero-order chi connectivity index (χ0) is 72.9. The van der Waals surface area contributed by atoms with Crippen LogP contribution in [-0.2, 0) is 78.5 Å². The first-order valence-electron chi connectivity index (χ1n) is 36.5. The van der Waals surface area contributed by atoms with E-state index in [4.69, 9.17) is 69.6 Å². The smallest absolute Gasteiger partial charge is 0.180 e. The maximum atomic E-state index is 12.6. The van der Waals surface area contributed by atoms with Gasteiger partial charge in [-0.25, -0.2) is 17.6 Å². The third kappa shape index (κ3) is 26.6. The van der Waals surface area contributed by atoms with Crippen LogP contribution in [-0.4, -0.2) is 224 Å². The molecule has 0 amide bonds. The Morgan fingerprint density at radius 1 is 0.183 bits per heavy atom. The van der Waals surface area contributed by atoms with Crippen molar-refractivity contribution in [2.45, 2.75) is 87.1 Å². The molecule has 562 valence electrons. The monoisotopic (exact) mass is 1770 g/mol. The van der Waals surface area contributed by atoms with Gasteiger partial charge in [0.15, 0.2) is 31.9 Å². The number of piperazine rings is 6. The summed E-state index contributed by atoms with van der Waals surface area (Å²) in [5.41, 5.74) is 17.3. The molecule has 38 aliphatic rings. The molecular weight excluding hydrogens is 1670 g/mol. The van der Waals surface area contributed by atoms with Crippen LogP contribution >= 0.6 is 115 Å². The van der Waals surface area contributed by atoms with Gasteiger partial charge in [0.2, 0.25) is 0 Å². The van der Waals surface area contributed by atoms with Crippen molar-refractivity contribution in [2.24, 2.45) is 0 Å². The molecule has 0 aliphatic carbocycles. The minimum absolute atomic E-state index is 0.664. The van der Waals surface area contributed by atoms with Gasteiger partial charge in [-0.15, -0.1) is 0 Å². The number of halogens is 12. The van der Waals surface area contributed by atoms with Crippen molar-refractivity contribution in [3.05, 3.63) is 243 Å². The SMILES string of the molecule is ClC(Cl)Cl.ClC(Cl)Cl.Fc1c(F)c(I)c(F)c(F)c1I.c1cc2ccc1CN1CCN(CC1)Cc1ccc(cc1)CN1CCN(CC1)Cc1ccc(cc1)CN1CCN(CC1)C2.c1cc2ccc1CN1CCN(CC1)Cc1ccc(cc1)CN1CCN(CC1)Cc1ccc(cc1)CN1CCN(CC1)C2. The standard InChI is InChI=1S/2C36H48N6.C6F4I2.2CHCl3/c2*1-2-32-4-3-31(1)25-37-13-15-39(16-14-37)27-33-5-7-35(8-6-33)29-41-21-23-42(24-22-41)30-36-11-9-34(10-12-36)28-40-19-17-38(26-32)18-20-40;7-1-2(8)6(12)4(10)3(9)5(1)11;2*2-1(3)4/h2*1-12H,13-30H2;;2*1H. The first kappa shape index (κ1) is 82.0. The molecule has 45 rings (SSSR count). The van der Waals surface area contributed by atoms with Crippen molar-refractivity contribution in [3.8, 4) is 0 Å². The van der Waals surface area contributed by atoms with Crippen LogP contribution in [0, 0.1) is 30.4 Å². The summed E-state index contributed by atoms with van der Waals surface area (Å²) in [6.07, 6.45) is 0. The number of nitrogens with zero attached hydrogens (tertiary/aromatic N) is 12. The fourth-order valence-electron chi connectivity index (χ4n) is 14.8. The summed E-state index contributed by atoms with van der Waals surface area (Å²) < 4.78 is 47.7. The zero-order valence-corrected chi connectivity index (χ0v) is 68.2. The number of hydrogen-bond donors (Lipinski definition) is 0. The van der Waals surface area contributed by atoms with Gasteiger partial charge in [0.1, 0.15) is 0 Å². The molecule has 24 bridgehead atoms. The Bertz CT molecular complexity index is 2850. The normalized spacial score (nSPS) is 26.6. The van der Waals surface area contributed by atoms with E-state index in [1.807, 2.05) is 0 Å². The Kier molecular flexibility index (Phi) is 33.0. The number of hydrogen-bond acceptors (Lipinski definition) is 12. The number of alkyl halides is 6. The molecule has 0 unspecified atom stereocenters. The van der Waals surface area contributed by atoms with Crippen LogP contribution in [0.5, 0.6) is 0 Å². The molecule has 7 aromatic rings. The minimum Gasteiger partial charge on any atom is -0.297 e. The third-order valence-corrected chi connectivity index (χ3v) is 22.9. The average Bonchev–Trinajstić information content (AvgIpc) is 0.807. The molecule has 0 spiro atoms. The van der Waals surface area contributed by atoms with Gasteiger partial charge >= 0.3 is 0 Å². The molecule has 0 radical (unpaired) electrons. The Labute approximate surface area is 672 Å². The summed E-state index contributed by atoms with van der Waals surface area (Å²) in [6.45, 7) is 40.5. The molecule has 12 nitrogen and oxygen atoms in total. The molecule has 104 heavy (non-hydrogen) atoms. The largest absolute Gasteiger partial charge is 0.297 e. The molecule has 0 saturated carbocycles. The number of rotatable bonds is 0. The summed E-state index contributed by atoms with van der Waals surface area (Å²) in [7, 11) is 0. The van der Waals surface area contributed by atoms with Crippen LogP contribution in [0.25, 0.3) is 0 Å². The van der Waals surface area contributed by atoms with Crippen LogP contribution in [0.3, 0.4) is 0 Å². The molecule has 24 heteroatoms. The lowest BCUT2D eigenvalue weighted by molar-refractivity contribution is 0.120. The van der Waals surface area contributed by atoms with Crippen LogP contribution in [0.15, 0.2) is 146 Å². The lowest BCUT2D eigenvalue weighted by atomic mass is 10.1. The van der Waals surface area contributed by atoms with E-state index in [9.17, 15) is 17.6 Å².